The number of hydrogen-bond donors (Lipinski definition) is 0. The van der Waals surface area contributed by atoms with E-state index >= 15 is 0 Å². The first-order valence-corrected chi connectivity index (χ1v) is 8.00. The molecule has 2 heteroatoms. The van der Waals surface area contributed by atoms with Crippen molar-refractivity contribution in [2.24, 2.45) is 16.1 Å². The molecule has 0 aliphatic carbocycles. The van der Waals surface area contributed by atoms with Crippen molar-refractivity contribution in [1.29, 1.82) is 0 Å². The summed E-state index contributed by atoms with van der Waals surface area (Å²) < 4.78 is 0. The Balaban J connectivity index is 1.64. The van der Waals surface area contributed by atoms with Crippen LogP contribution in [0, 0.1) is 5.92 Å². The smallest absolute Gasteiger partial charge is 0.0763 e. The lowest BCUT2D eigenvalue weighted by Gasteiger charge is -2.06. The third-order valence-corrected chi connectivity index (χ3v) is 4.03. The second-order valence-corrected chi connectivity index (χ2v) is 6.27. The number of aryl methyl sites for hydroxylation is 1. The van der Waals surface area contributed by atoms with Crippen LogP contribution in [0.2, 0.25) is 0 Å². The van der Waals surface area contributed by atoms with Gasteiger partial charge in [0.1, 0.15) is 0 Å². The third-order valence-electron chi connectivity index (χ3n) is 4.03. The Morgan fingerprint density at radius 2 is 1.41 bits per heavy atom. The molecular formula is C20H22N2. The van der Waals surface area contributed by atoms with Gasteiger partial charge in [-0.05, 0) is 35.4 Å². The normalized spacial score (nSPS) is 14.1. The predicted octanol–water partition coefficient (Wildman–Crippen LogP) is 4.87. The lowest BCUT2D eigenvalue weighted by Crippen LogP contribution is -2.05. The van der Waals surface area contributed by atoms with E-state index in [4.69, 9.17) is 0 Å². The van der Waals surface area contributed by atoms with Crippen molar-refractivity contribution in [2.45, 2.75) is 33.1 Å². The zero-order valence-corrected chi connectivity index (χ0v) is 13.3. The molecule has 2 nitrogen and oxygen atoms in total. The molecule has 2 aromatic rings. The van der Waals surface area contributed by atoms with Crippen molar-refractivity contribution in [3.05, 3.63) is 71.3 Å². The van der Waals surface area contributed by atoms with Crippen molar-refractivity contribution in [3.8, 4) is 0 Å². The molecule has 22 heavy (non-hydrogen) atoms. The van der Waals surface area contributed by atoms with Gasteiger partial charge in [-0.3, -0.25) is 0 Å². The Labute approximate surface area is 132 Å². The maximum absolute atomic E-state index is 4.37. The molecule has 0 N–H and O–H groups in total. The fraction of sp³-hybridized carbons (Fsp3) is 0.300. The second-order valence-electron chi connectivity index (χ2n) is 6.27. The highest BCUT2D eigenvalue weighted by atomic mass is 15.2. The van der Waals surface area contributed by atoms with Crippen LogP contribution in [0.5, 0.6) is 0 Å². The summed E-state index contributed by atoms with van der Waals surface area (Å²) in [6.07, 6.45) is 3.20. The molecule has 1 aliphatic heterocycles. The summed E-state index contributed by atoms with van der Waals surface area (Å²) in [5.74, 6) is 0.751. The lowest BCUT2D eigenvalue weighted by molar-refractivity contribution is 0.587. The SMILES string of the molecule is CC(C)CCc1ccc(C2=NN=C(c3ccccc3)C2)cc1. The molecule has 112 valence electrons. The van der Waals surface area contributed by atoms with Crippen molar-refractivity contribution in [2.75, 3.05) is 0 Å². The van der Waals surface area contributed by atoms with Gasteiger partial charge in [-0.15, -0.1) is 0 Å². The molecule has 0 radical (unpaired) electrons. The summed E-state index contributed by atoms with van der Waals surface area (Å²) in [5.41, 5.74) is 5.87. The van der Waals surface area contributed by atoms with Gasteiger partial charge in [-0.25, -0.2) is 0 Å². The minimum Gasteiger partial charge on any atom is -0.154 e. The van der Waals surface area contributed by atoms with E-state index in [-0.39, 0.29) is 0 Å². The fourth-order valence-corrected chi connectivity index (χ4v) is 2.62. The quantitative estimate of drug-likeness (QED) is 0.750. The Morgan fingerprint density at radius 3 is 2.00 bits per heavy atom. The van der Waals surface area contributed by atoms with Crippen LogP contribution < -0.4 is 0 Å². The zero-order valence-electron chi connectivity index (χ0n) is 13.3. The lowest BCUT2D eigenvalue weighted by atomic mass is 9.98. The van der Waals surface area contributed by atoms with Gasteiger partial charge in [-0.1, -0.05) is 68.4 Å². The molecule has 0 saturated carbocycles. The largest absolute Gasteiger partial charge is 0.154 e. The van der Waals surface area contributed by atoms with Crippen LogP contribution >= 0.6 is 0 Å². The first kappa shape index (κ1) is 14.7. The van der Waals surface area contributed by atoms with E-state index in [1.165, 1.54) is 17.5 Å². The zero-order chi connectivity index (χ0) is 15.4. The topological polar surface area (TPSA) is 24.7 Å². The Hall–Kier alpha value is -2.22. The Bertz CT molecular complexity index is 679. The van der Waals surface area contributed by atoms with Gasteiger partial charge >= 0.3 is 0 Å². The van der Waals surface area contributed by atoms with E-state index in [1.54, 1.807) is 0 Å². The minimum atomic E-state index is 0.751. The molecule has 3 rings (SSSR count). The summed E-state index contributed by atoms with van der Waals surface area (Å²) >= 11 is 0. The van der Waals surface area contributed by atoms with Crippen molar-refractivity contribution < 1.29 is 0 Å². The molecule has 2 aromatic carbocycles. The molecule has 0 fully saturated rings. The Morgan fingerprint density at radius 1 is 0.818 bits per heavy atom. The molecule has 0 bridgehead atoms. The van der Waals surface area contributed by atoms with Crippen LogP contribution in [0.15, 0.2) is 64.8 Å². The third kappa shape index (κ3) is 3.51. The van der Waals surface area contributed by atoms with Crippen LogP contribution in [0.1, 0.15) is 43.4 Å². The van der Waals surface area contributed by atoms with Crippen molar-refractivity contribution in [1.82, 2.24) is 0 Å². The predicted molar refractivity (Wildman–Crippen MR) is 93.7 cm³/mol. The van der Waals surface area contributed by atoms with E-state index < -0.39 is 0 Å². The molecule has 1 aliphatic rings. The molecule has 0 spiro atoms. The highest BCUT2D eigenvalue weighted by Gasteiger charge is 2.15. The molecular weight excluding hydrogens is 268 g/mol. The highest BCUT2D eigenvalue weighted by molar-refractivity contribution is 6.20. The average molecular weight is 290 g/mol. The molecule has 0 saturated heterocycles. The summed E-state index contributed by atoms with van der Waals surface area (Å²) in [6, 6.07) is 19.1. The molecule has 1 heterocycles. The van der Waals surface area contributed by atoms with Crippen LogP contribution in [-0.4, -0.2) is 11.4 Å². The number of rotatable bonds is 5. The minimum absolute atomic E-state index is 0.751. The van der Waals surface area contributed by atoms with E-state index in [9.17, 15) is 0 Å². The summed E-state index contributed by atoms with van der Waals surface area (Å²) in [4.78, 5) is 0. The van der Waals surface area contributed by atoms with Crippen LogP contribution in [-0.2, 0) is 6.42 Å². The number of benzene rings is 2. The maximum Gasteiger partial charge on any atom is 0.0763 e. The van der Waals surface area contributed by atoms with E-state index in [0.29, 0.717) is 0 Å². The van der Waals surface area contributed by atoms with Crippen LogP contribution in [0.3, 0.4) is 0 Å². The van der Waals surface area contributed by atoms with Gasteiger partial charge in [0.05, 0.1) is 11.4 Å². The van der Waals surface area contributed by atoms with Crippen LogP contribution in [0.25, 0.3) is 0 Å². The van der Waals surface area contributed by atoms with Crippen molar-refractivity contribution >= 4 is 11.4 Å². The highest BCUT2D eigenvalue weighted by Crippen LogP contribution is 2.18. The van der Waals surface area contributed by atoms with E-state index in [2.05, 4.69) is 60.4 Å². The summed E-state index contributed by atoms with van der Waals surface area (Å²) in [7, 11) is 0. The van der Waals surface area contributed by atoms with Crippen molar-refractivity contribution in [3.63, 3.8) is 0 Å². The Kier molecular flexibility index (Phi) is 4.47. The standard InChI is InChI=1S/C20H22N2/c1-15(2)8-9-16-10-12-18(13-11-16)20-14-19(21-22-20)17-6-4-3-5-7-17/h3-7,10-13,15H,8-9,14H2,1-2H3. The number of nitrogens with zero attached hydrogens (tertiary/aromatic N) is 2. The molecule has 0 amide bonds. The molecule has 0 aromatic heterocycles. The second kappa shape index (κ2) is 6.69. The first-order valence-electron chi connectivity index (χ1n) is 8.00. The van der Waals surface area contributed by atoms with Gasteiger partial charge in [-0.2, -0.15) is 10.2 Å². The van der Waals surface area contributed by atoms with Gasteiger partial charge in [0.15, 0.2) is 0 Å². The monoisotopic (exact) mass is 290 g/mol. The average Bonchev–Trinajstić information content (AvgIpc) is 3.04. The van der Waals surface area contributed by atoms with Gasteiger partial charge < -0.3 is 0 Å². The van der Waals surface area contributed by atoms with Gasteiger partial charge in [0, 0.05) is 6.42 Å². The fourth-order valence-electron chi connectivity index (χ4n) is 2.62. The van der Waals surface area contributed by atoms with E-state index in [0.717, 1.165) is 35.7 Å². The van der Waals surface area contributed by atoms with Gasteiger partial charge in [0.2, 0.25) is 0 Å². The summed E-state index contributed by atoms with van der Waals surface area (Å²) in [5, 5.41) is 8.72. The number of hydrogen-bond acceptors (Lipinski definition) is 2. The maximum atomic E-state index is 4.37. The first-order chi connectivity index (χ1) is 10.7. The summed E-state index contributed by atoms with van der Waals surface area (Å²) in [6.45, 7) is 4.54. The molecule has 0 unspecified atom stereocenters. The molecule has 0 atom stereocenters. The van der Waals surface area contributed by atoms with Gasteiger partial charge in [0.25, 0.3) is 0 Å². The van der Waals surface area contributed by atoms with E-state index in [1.807, 2.05) is 18.2 Å². The van der Waals surface area contributed by atoms with Crippen LogP contribution in [0.4, 0.5) is 0 Å².